The number of likely N-dealkylation sites (tertiary alicyclic amines) is 1. The van der Waals surface area contributed by atoms with Crippen LogP contribution < -0.4 is 0 Å². The van der Waals surface area contributed by atoms with Gasteiger partial charge in [0.25, 0.3) is 5.91 Å². The minimum Gasteiger partial charge on any atom is -0.455 e. The Bertz CT molecular complexity index is 731. The van der Waals surface area contributed by atoms with Gasteiger partial charge < -0.3 is 14.1 Å². The van der Waals surface area contributed by atoms with E-state index in [9.17, 15) is 4.79 Å². The number of aromatic nitrogens is 2. The van der Waals surface area contributed by atoms with Crippen molar-refractivity contribution in [2.45, 2.75) is 30.6 Å². The van der Waals surface area contributed by atoms with Crippen LogP contribution in [0, 0.1) is 0 Å². The summed E-state index contributed by atoms with van der Waals surface area (Å²) in [4.78, 5) is 14.5. The predicted octanol–water partition coefficient (Wildman–Crippen LogP) is 2.57. The fraction of sp³-hybridized carbons (Fsp3) is 0.529. The molecule has 1 saturated heterocycles. The molecule has 0 aliphatic carbocycles. The van der Waals surface area contributed by atoms with E-state index in [-0.39, 0.29) is 11.5 Å². The highest BCUT2D eigenvalue weighted by Crippen LogP contribution is 2.40. The van der Waals surface area contributed by atoms with Gasteiger partial charge in [-0.05, 0) is 43.2 Å². The zero-order chi connectivity index (χ0) is 16.6. The van der Waals surface area contributed by atoms with Gasteiger partial charge in [0, 0.05) is 13.1 Å². The van der Waals surface area contributed by atoms with Crippen LogP contribution >= 0.6 is 11.8 Å². The number of furan rings is 1. The first-order chi connectivity index (χ1) is 11.7. The molecule has 0 aromatic carbocycles. The summed E-state index contributed by atoms with van der Waals surface area (Å²) >= 11 is 1.68. The molecule has 0 atom stereocenters. The summed E-state index contributed by atoms with van der Waals surface area (Å²) in [5, 5.41) is 7.28. The molecule has 7 heteroatoms. The Morgan fingerprint density at radius 3 is 3.04 bits per heavy atom. The number of hydrogen-bond donors (Lipinski definition) is 1. The Morgan fingerprint density at radius 1 is 1.42 bits per heavy atom. The van der Waals surface area contributed by atoms with Crippen LogP contribution in [-0.4, -0.2) is 47.0 Å². The van der Waals surface area contributed by atoms with E-state index in [4.69, 9.17) is 9.15 Å². The molecular weight excluding hydrogens is 326 g/mol. The standard InChI is InChI=1S/C17H21N3O3S/c1-24-11-13-2-3-14(23-13)16(21)20-7-5-17(6-8-20)15-12(4-9-22-17)10-18-19-15/h2-3,10H,4-9,11H2,1H3,(H,18,19). The highest BCUT2D eigenvalue weighted by Gasteiger charge is 2.43. The number of carbonyl (C=O) groups is 1. The topological polar surface area (TPSA) is 71.4 Å². The minimum absolute atomic E-state index is 0.0298. The van der Waals surface area contributed by atoms with Crippen LogP contribution in [0.1, 0.15) is 40.4 Å². The summed E-state index contributed by atoms with van der Waals surface area (Å²) in [5.74, 6) is 2.03. The number of H-pyrrole nitrogens is 1. The molecule has 0 saturated carbocycles. The molecule has 1 amide bonds. The molecular formula is C17H21N3O3S. The van der Waals surface area contributed by atoms with Gasteiger partial charge in [-0.25, -0.2) is 0 Å². The van der Waals surface area contributed by atoms with E-state index in [1.807, 2.05) is 23.4 Å². The second-order valence-electron chi connectivity index (χ2n) is 6.35. The molecule has 1 spiro atoms. The number of rotatable bonds is 3. The third kappa shape index (κ3) is 2.65. The van der Waals surface area contributed by atoms with Crippen LogP contribution in [0.15, 0.2) is 22.7 Å². The lowest BCUT2D eigenvalue weighted by Gasteiger charge is -2.43. The first kappa shape index (κ1) is 15.8. The molecule has 0 radical (unpaired) electrons. The van der Waals surface area contributed by atoms with E-state index in [0.29, 0.717) is 18.8 Å². The SMILES string of the molecule is CSCc1ccc(C(=O)N2CCC3(CC2)OCCc2cn[nH]c23)o1. The fourth-order valence-corrected chi connectivity index (χ4v) is 4.10. The van der Waals surface area contributed by atoms with Gasteiger partial charge in [-0.3, -0.25) is 9.89 Å². The van der Waals surface area contributed by atoms with Crippen molar-refractivity contribution in [1.29, 1.82) is 0 Å². The van der Waals surface area contributed by atoms with E-state index in [0.717, 1.165) is 43.1 Å². The van der Waals surface area contributed by atoms with Crippen LogP contribution in [0.4, 0.5) is 0 Å². The van der Waals surface area contributed by atoms with Crippen molar-refractivity contribution in [1.82, 2.24) is 15.1 Å². The number of thioether (sulfide) groups is 1. The molecule has 4 heterocycles. The van der Waals surface area contributed by atoms with Crippen molar-refractivity contribution >= 4 is 17.7 Å². The highest BCUT2D eigenvalue weighted by molar-refractivity contribution is 7.97. The van der Waals surface area contributed by atoms with Crippen LogP contribution in [0.3, 0.4) is 0 Å². The minimum atomic E-state index is -0.311. The van der Waals surface area contributed by atoms with Gasteiger partial charge in [0.1, 0.15) is 11.4 Å². The van der Waals surface area contributed by atoms with Crippen molar-refractivity contribution in [3.8, 4) is 0 Å². The van der Waals surface area contributed by atoms with Gasteiger partial charge in [-0.15, -0.1) is 0 Å². The zero-order valence-electron chi connectivity index (χ0n) is 13.7. The van der Waals surface area contributed by atoms with E-state index < -0.39 is 0 Å². The van der Waals surface area contributed by atoms with Crippen molar-refractivity contribution < 1.29 is 13.9 Å². The third-order valence-corrected chi connectivity index (χ3v) is 5.51. The summed E-state index contributed by atoms with van der Waals surface area (Å²) < 4.78 is 11.8. The molecule has 128 valence electrons. The molecule has 0 unspecified atom stereocenters. The van der Waals surface area contributed by atoms with Crippen molar-refractivity contribution in [2.24, 2.45) is 0 Å². The molecule has 2 aliphatic heterocycles. The maximum absolute atomic E-state index is 12.6. The number of nitrogens with one attached hydrogen (secondary N) is 1. The van der Waals surface area contributed by atoms with E-state index in [2.05, 4.69) is 10.2 Å². The van der Waals surface area contributed by atoms with E-state index in [1.165, 1.54) is 5.56 Å². The Balaban J connectivity index is 1.46. The molecule has 2 aliphatic rings. The molecule has 4 rings (SSSR count). The smallest absolute Gasteiger partial charge is 0.289 e. The van der Waals surface area contributed by atoms with Gasteiger partial charge in [-0.1, -0.05) is 0 Å². The lowest BCUT2D eigenvalue weighted by Crippen LogP contribution is -2.48. The number of carbonyl (C=O) groups excluding carboxylic acids is 1. The van der Waals surface area contributed by atoms with Crippen LogP contribution in [0.25, 0.3) is 0 Å². The Morgan fingerprint density at radius 2 is 2.25 bits per heavy atom. The average Bonchev–Trinajstić information content (AvgIpc) is 3.25. The molecule has 2 aromatic heterocycles. The zero-order valence-corrected chi connectivity index (χ0v) is 14.5. The molecule has 1 N–H and O–H groups in total. The Hall–Kier alpha value is -1.73. The number of amides is 1. The third-order valence-electron chi connectivity index (χ3n) is 4.94. The monoisotopic (exact) mass is 347 g/mol. The number of fused-ring (bicyclic) bond motifs is 2. The Labute approximate surface area is 144 Å². The summed E-state index contributed by atoms with van der Waals surface area (Å²) in [6, 6.07) is 3.67. The van der Waals surface area contributed by atoms with Gasteiger partial charge in [0.2, 0.25) is 0 Å². The van der Waals surface area contributed by atoms with Gasteiger partial charge >= 0.3 is 0 Å². The Kier molecular flexibility index (Phi) is 4.14. The maximum atomic E-state index is 12.6. The summed E-state index contributed by atoms with van der Waals surface area (Å²) in [6.45, 7) is 2.04. The normalized spacial score (nSPS) is 19.5. The molecule has 2 aromatic rings. The predicted molar refractivity (Wildman–Crippen MR) is 91.0 cm³/mol. The van der Waals surface area contributed by atoms with Crippen molar-refractivity contribution in [3.63, 3.8) is 0 Å². The van der Waals surface area contributed by atoms with Crippen molar-refractivity contribution in [3.05, 3.63) is 41.1 Å². The van der Waals surface area contributed by atoms with E-state index in [1.54, 1.807) is 17.8 Å². The fourth-order valence-electron chi connectivity index (χ4n) is 3.66. The average molecular weight is 347 g/mol. The van der Waals surface area contributed by atoms with Gasteiger partial charge in [0.15, 0.2) is 5.76 Å². The lowest BCUT2D eigenvalue weighted by molar-refractivity contribution is -0.0964. The second kappa shape index (κ2) is 6.29. The van der Waals surface area contributed by atoms with Gasteiger partial charge in [-0.2, -0.15) is 16.9 Å². The first-order valence-corrected chi connectivity index (χ1v) is 9.65. The lowest BCUT2D eigenvalue weighted by atomic mass is 9.83. The number of piperidine rings is 1. The highest BCUT2D eigenvalue weighted by atomic mass is 32.2. The number of nitrogens with zero attached hydrogens (tertiary/aromatic N) is 2. The van der Waals surface area contributed by atoms with E-state index >= 15 is 0 Å². The largest absolute Gasteiger partial charge is 0.455 e. The summed E-state index contributed by atoms with van der Waals surface area (Å²) in [6.07, 6.45) is 6.38. The van der Waals surface area contributed by atoms with Crippen molar-refractivity contribution in [2.75, 3.05) is 26.0 Å². The van der Waals surface area contributed by atoms with Crippen LogP contribution in [0.2, 0.25) is 0 Å². The maximum Gasteiger partial charge on any atom is 0.289 e. The quantitative estimate of drug-likeness (QED) is 0.924. The molecule has 6 nitrogen and oxygen atoms in total. The van der Waals surface area contributed by atoms with Crippen LogP contribution in [-0.2, 0) is 22.5 Å². The first-order valence-electron chi connectivity index (χ1n) is 8.25. The number of aromatic amines is 1. The van der Waals surface area contributed by atoms with Gasteiger partial charge in [0.05, 0.1) is 24.3 Å². The second-order valence-corrected chi connectivity index (χ2v) is 7.22. The number of hydrogen-bond acceptors (Lipinski definition) is 5. The summed E-state index contributed by atoms with van der Waals surface area (Å²) in [5.41, 5.74) is 2.03. The summed E-state index contributed by atoms with van der Waals surface area (Å²) in [7, 11) is 0. The van der Waals surface area contributed by atoms with Crippen LogP contribution in [0.5, 0.6) is 0 Å². The molecule has 24 heavy (non-hydrogen) atoms. The molecule has 0 bridgehead atoms. The molecule has 1 fully saturated rings. The number of ether oxygens (including phenoxy) is 1.